The van der Waals surface area contributed by atoms with Gasteiger partial charge < -0.3 is 4.74 Å². The van der Waals surface area contributed by atoms with Crippen molar-refractivity contribution in [3.8, 4) is 5.75 Å². The number of hydrogen-bond donors (Lipinski definition) is 0. The first-order valence-corrected chi connectivity index (χ1v) is 6.08. The van der Waals surface area contributed by atoms with E-state index >= 15 is 0 Å². The van der Waals surface area contributed by atoms with Crippen molar-refractivity contribution in [3.63, 3.8) is 0 Å². The molecule has 0 amide bonds. The largest absolute Gasteiger partial charge is 0.434 e. The van der Waals surface area contributed by atoms with E-state index in [1.807, 2.05) is 13.8 Å². The normalized spacial score (nSPS) is 12.1. The number of allylic oxidation sites excluding steroid dienone is 1. The fourth-order valence-corrected chi connectivity index (χ4v) is 1.87. The topological polar surface area (TPSA) is 26.3 Å². The number of carbonyl (C=O) groups excluding carboxylic acids is 1. The Balaban J connectivity index is 3.17. The number of aryl methyl sites for hydroxylation is 2. The van der Waals surface area contributed by atoms with Gasteiger partial charge in [-0.3, -0.25) is 4.79 Å². The fraction of sp³-hybridized carbons (Fsp3) is 0.400. The molecule has 0 radical (unpaired) electrons. The molecule has 0 saturated carbocycles. The molecule has 0 N–H and O–H groups in total. The zero-order chi connectivity index (χ0) is 14.6. The molecule has 19 heavy (non-hydrogen) atoms. The number of ether oxygens (including phenoxy) is 1. The molecule has 1 rings (SSSR count). The van der Waals surface area contributed by atoms with Crippen LogP contribution in [0.25, 0.3) is 6.08 Å². The van der Waals surface area contributed by atoms with E-state index in [2.05, 4.69) is 4.74 Å². The lowest BCUT2D eigenvalue weighted by molar-refractivity contribution is -0.105. The quantitative estimate of drug-likeness (QED) is 0.592. The van der Waals surface area contributed by atoms with Gasteiger partial charge in [0.25, 0.3) is 0 Å². The van der Waals surface area contributed by atoms with Gasteiger partial charge in [-0.15, -0.1) is 0 Å². The molecule has 104 valence electrons. The van der Waals surface area contributed by atoms with Gasteiger partial charge in [0.1, 0.15) is 12.0 Å². The summed E-state index contributed by atoms with van der Waals surface area (Å²) in [5.41, 5.74) is 2.73. The van der Waals surface area contributed by atoms with E-state index in [1.54, 1.807) is 32.1 Å². The molecule has 0 aliphatic heterocycles. The van der Waals surface area contributed by atoms with Crippen LogP contribution >= 0.6 is 0 Å². The van der Waals surface area contributed by atoms with E-state index in [4.69, 9.17) is 0 Å². The summed E-state index contributed by atoms with van der Waals surface area (Å²) in [5, 5.41) is 0. The molecule has 1 aromatic rings. The summed E-state index contributed by atoms with van der Waals surface area (Å²) >= 11 is 0. The van der Waals surface area contributed by atoms with Gasteiger partial charge in [-0.1, -0.05) is 13.8 Å². The van der Waals surface area contributed by atoms with Gasteiger partial charge in [0.2, 0.25) is 0 Å². The van der Waals surface area contributed by atoms with Crippen molar-refractivity contribution in [2.24, 2.45) is 5.92 Å². The second-order valence-electron chi connectivity index (χ2n) is 4.78. The van der Waals surface area contributed by atoms with Crippen LogP contribution in [0.5, 0.6) is 5.75 Å². The summed E-state index contributed by atoms with van der Waals surface area (Å²) in [7, 11) is 0. The average Bonchev–Trinajstić information content (AvgIpc) is 2.30. The minimum atomic E-state index is -2.83. The molecule has 1 aromatic carbocycles. The first-order chi connectivity index (χ1) is 8.85. The molecule has 0 aromatic heterocycles. The van der Waals surface area contributed by atoms with Gasteiger partial charge in [-0.05, 0) is 60.2 Å². The number of halogens is 2. The first-order valence-electron chi connectivity index (χ1n) is 6.08. The van der Waals surface area contributed by atoms with Crippen LogP contribution in [-0.4, -0.2) is 12.9 Å². The number of hydrogen-bond acceptors (Lipinski definition) is 2. The molecule has 4 heteroatoms. The van der Waals surface area contributed by atoms with Crippen LogP contribution in [0.4, 0.5) is 8.78 Å². The first kappa shape index (κ1) is 15.3. The van der Waals surface area contributed by atoms with E-state index in [-0.39, 0.29) is 11.7 Å². The van der Waals surface area contributed by atoms with Crippen LogP contribution in [0, 0.1) is 19.8 Å². The molecule has 0 unspecified atom stereocenters. The van der Waals surface area contributed by atoms with Crippen LogP contribution < -0.4 is 4.74 Å². The zero-order valence-electron chi connectivity index (χ0n) is 11.5. The third kappa shape index (κ3) is 4.16. The van der Waals surface area contributed by atoms with Crippen LogP contribution in [0.15, 0.2) is 17.7 Å². The summed E-state index contributed by atoms with van der Waals surface area (Å²) in [6.45, 7) is 4.43. The summed E-state index contributed by atoms with van der Waals surface area (Å²) in [5.74, 6) is 0.319. The molecule has 0 atom stereocenters. The Kier molecular flexibility index (Phi) is 5.21. The van der Waals surface area contributed by atoms with Crippen LogP contribution in [0.3, 0.4) is 0 Å². The maximum atomic E-state index is 12.3. The molecule has 0 saturated heterocycles. The highest BCUT2D eigenvalue weighted by atomic mass is 19.3. The highest BCUT2D eigenvalue weighted by Crippen LogP contribution is 2.27. The standard InChI is InChI=1S/C15H18F2O2/c1-9(2)13(8-18)7-12-5-10(3)14(11(4)6-12)19-15(16)17/h5-9,15H,1-4H3. The minimum absolute atomic E-state index is 0.120. The summed E-state index contributed by atoms with van der Waals surface area (Å²) in [6, 6.07) is 3.47. The summed E-state index contributed by atoms with van der Waals surface area (Å²) < 4.78 is 29.0. The Hall–Kier alpha value is -1.71. The van der Waals surface area contributed by atoms with Gasteiger partial charge in [0.05, 0.1) is 0 Å². The number of rotatable bonds is 5. The number of carbonyl (C=O) groups is 1. The molecule has 0 bridgehead atoms. The van der Waals surface area contributed by atoms with Crippen molar-refractivity contribution < 1.29 is 18.3 Å². The van der Waals surface area contributed by atoms with Crippen LogP contribution in [0.1, 0.15) is 30.5 Å². The van der Waals surface area contributed by atoms with Gasteiger partial charge in [0.15, 0.2) is 0 Å². The zero-order valence-corrected chi connectivity index (χ0v) is 11.5. The van der Waals surface area contributed by atoms with Crippen molar-refractivity contribution in [2.45, 2.75) is 34.3 Å². The average molecular weight is 268 g/mol. The van der Waals surface area contributed by atoms with Gasteiger partial charge in [-0.25, -0.2) is 0 Å². The number of alkyl halides is 2. The fourth-order valence-electron chi connectivity index (χ4n) is 1.87. The van der Waals surface area contributed by atoms with E-state index in [1.165, 1.54) is 0 Å². The van der Waals surface area contributed by atoms with Crippen LogP contribution in [0.2, 0.25) is 0 Å². The molecular weight excluding hydrogens is 250 g/mol. The van der Waals surface area contributed by atoms with E-state index < -0.39 is 6.61 Å². The molecule has 0 fully saturated rings. The molecule has 0 spiro atoms. The lowest BCUT2D eigenvalue weighted by Crippen LogP contribution is -2.05. The van der Waals surface area contributed by atoms with Crippen molar-refractivity contribution in [1.82, 2.24) is 0 Å². The highest BCUT2D eigenvalue weighted by molar-refractivity contribution is 5.82. The second kappa shape index (κ2) is 6.45. The molecule has 0 aliphatic carbocycles. The van der Waals surface area contributed by atoms with Gasteiger partial charge in [-0.2, -0.15) is 8.78 Å². The monoisotopic (exact) mass is 268 g/mol. The SMILES string of the molecule is Cc1cc(C=C(C=O)C(C)C)cc(C)c1OC(F)F. The van der Waals surface area contributed by atoms with Gasteiger partial charge in [0, 0.05) is 0 Å². The molecular formula is C15H18F2O2. The lowest BCUT2D eigenvalue weighted by atomic mass is 9.99. The predicted octanol–water partition coefficient (Wildman–Crippen LogP) is 4.14. The Morgan fingerprint density at radius 3 is 2.11 bits per heavy atom. The van der Waals surface area contributed by atoms with Crippen molar-refractivity contribution >= 4 is 12.4 Å². The number of benzene rings is 1. The smallest absolute Gasteiger partial charge is 0.387 e. The summed E-state index contributed by atoms with van der Waals surface area (Å²) in [4.78, 5) is 10.9. The van der Waals surface area contributed by atoms with E-state index in [0.717, 1.165) is 11.8 Å². The third-order valence-corrected chi connectivity index (χ3v) is 2.83. The van der Waals surface area contributed by atoms with Crippen molar-refractivity contribution in [1.29, 1.82) is 0 Å². The van der Waals surface area contributed by atoms with Gasteiger partial charge >= 0.3 is 6.61 Å². The number of aldehydes is 1. The Labute approximate surface area is 112 Å². The summed E-state index contributed by atoms with van der Waals surface area (Å²) in [6.07, 6.45) is 2.59. The molecule has 2 nitrogen and oxygen atoms in total. The highest BCUT2D eigenvalue weighted by Gasteiger charge is 2.11. The molecule has 0 heterocycles. The molecule has 0 aliphatic rings. The van der Waals surface area contributed by atoms with E-state index in [0.29, 0.717) is 16.7 Å². The predicted molar refractivity (Wildman–Crippen MR) is 71.4 cm³/mol. The maximum Gasteiger partial charge on any atom is 0.387 e. The van der Waals surface area contributed by atoms with Crippen LogP contribution in [-0.2, 0) is 4.79 Å². The van der Waals surface area contributed by atoms with Crippen molar-refractivity contribution in [2.75, 3.05) is 0 Å². The second-order valence-corrected chi connectivity index (χ2v) is 4.78. The van der Waals surface area contributed by atoms with Crippen molar-refractivity contribution in [3.05, 3.63) is 34.4 Å². The van der Waals surface area contributed by atoms with E-state index in [9.17, 15) is 13.6 Å². The maximum absolute atomic E-state index is 12.3. The Bertz CT molecular complexity index is 468. The Morgan fingerprint density at radius 1 is 1.21 bits per heavy atom. The lowest BCUT2D eigenvalue weighted by Gasteiger charge is -2.12. The minimum Gasteiger partial charge on any atom is -0.434 e. The third-order valence-electron chi connectivity index (χ3n) is 2.83. The Morgan fingerprint density at radius 2 is 1.74 bits per heavy atom.